The second-order valence-electron chi connectivity index (χ2n) is 4.53. The first kappa shape index (κ1) is 13.8. The van der Waals surface area contributed by atoms with E-state index in [9.17, 15) is 14.4 Å². The summed E-state index contributed by atoms with van der Waals surface area (Å²) in [5, 5.41) is 0.472. The maximum Gasteiger partial charge on any atom is 0.367 e. The van der Waals surface area contributed by atoms with E-state index in [0.717, 1.165) is 0 Å². The Morgan fingerprint density at radius 1 is 0.909 bits per heavy atom. The maximum absolute atomic E-state index is 12.2. The summed E-state index contributed by atoms with van der Waals surface area (Å²) in [5.41, 5.74) is 0.544. The number of hydroxylamine groups is 2. The predicted molar refractivity (Wildman–Crippen MR) is 75.4 cm³/mol. The first-order chi connectivity index (χ1) is 10.6. The lowest BCUT2D eigenvalue weighted by molar-refractivity contribution is -0.0586. The lowest BCUT2D eigenvalue weighted by Gasteiger charge is -2.13. The minimum Gasteiger partial charge on any atom is -0.496 e. The number of rotatable bonds is 3. The second kappa shape index (κ2) is 5.33. The molecule has 6 heteroatoms. The van der Waals surface area contributed by atoms with E-state index in [4.69, 9.17) is 9.57 Å². The molecule has 110 valence electrons. The van der Waals surface area contributed by atoms with E-state index in [1.165, 1.54) is 25.3 Å². The van der Waals surface area contributed by atoms with Crippen LogP contribution < -0.4 is 4.74 Å². The molecular weight excluding hydrogens is 286 g/mol. The number of carbonyl (C=O) groups excluding carboxylic acids is 3. The highest BCUT2D eigenvalue weighted by Crippen LogP contribution is 2.25. The number of hydrogen-bond acceptors (Lipinski definition) is 5. The van der Waals surface area contributed by atoms with Crippen molar-refractivity contribution in [1.29, 1.82) is 0 Å². The molecule has 2 aromatic carbocycles. The van der Waals surface area contributed by atoms with Gasteiger partial charge in [0.25, 0.3) is 11.8 Å². The van der Waals surface area contributed by atoms with Gasteiger partial charge in [-0.15, -0.1) is 0 Å². The molecule has 0 N–H and O–H groups in total. The van der Waals surface area contributed by atoms with Crippen LogP contribution in [-0.4, -0.2) is 30.0 Å². The van der Waals surface area contributed by atoms with Gasteiger partial charge in [0.15, 0.2) is 0 Å². The minimum absolute atomic E-state index is 0.126. The number of amides is 2. The van der Waals surface area contributed by atoms with Crippen LogP contribution in [0.5, 0.6) is 5.75 Å². The van der Waals surface area contributed by atoms with Gasteiger partial charge in [0.2, 0.25) is 0 Å². The first-order valence-corrected chi connectivity index (χ1v) is 6.46. The lowest BCUT2D eigenvalue weighted by atomic mass is 10.1. The van der Waals surface area contributed by atoms with Gasteiger partial charge in [-0.1, -0.05) is 29.3 Å². The fourth-order valence-corrected chi connectivity index (χ4v) is 2.20. The molecule has 0 spiro atoms. The van der Waals surface area contributed by atoms with Crippen LogP contribution in [0, 0.1) is 0 Å². The topological polar surface area (TPSA) is 72.9 Å². The number of hydrogen-bond donors (Lipinski definition) is 0. The van der Waals surface area contributed by atoms with Crippen molar-refractivity contribution in [1.82, 2.24) is 5.06 Å². The zero-order valence-corrected chi connectivity index (χ0v) is 11.6. The van der Waals surface area contributed by atoms with E-state index in [0.29, 0.717) is 10.8 Å². The van der Waals surface area contributed by atoms with E-state index >= 15 is 0 Å². The smallest absolute Gasteiger partial charge is 0.367 e. The van der Waals surface area contributed by atoms with Crippen molar-refractivity contribution in [2.45, 2.75) is 0 Å². The van der Waals surface area contributed by atoms with Crippen LogP contribution in [0.2, 0.25) is 0 Å². The third-order valence-corrected chi connectivity index (χ3v) is 3.26. The van der Waals surface area contributed by atoms with Crippen molar-refractivity contribution in [3.63, 3.8) is 0 Å². The Morgan fingerprint density at radius 2 is 1.45 bits per heavy atom. The number of para-hydroxylation sites is 1. The summed E-state index contributed by atoms with van der Waals surface area (Å²) in [7, 11) is 1.41. The molecule has 2 amide bonds. The zero-order valence-electron chi connectivity index (χ0n) is 11.6. The molecule has 1 aliphatic heterocycles. The zero-order chi connectivity index (χ0) is 15.7. The highest BCUT2D eigenvalue weighted by molar-refractivity contribution is 6.21. The third-order valence-electron chi connectivity index (χ3n) is 3.26. The van der Waals surface area contributed by atoms with Crippen LogP contribution in [0.1, 0.15) is 31.1 Å². The summed E-state index contributed by atoms with van der Waals surface area (Å²) in [6, 6.07) is 12.7. The average Bonchev–Trinajstić information content (AvgIpc) is 2.80. The molecule has 0 bridgehead atoms. The van der Waals surface area contributed by atoms with Crippen LogP contribution in [0.15, 0.2) is 48.5 Å². The molecule has 0 aliphatic carbocycles. The number of nitrogens with zero attached hydrogens (tertiary/aromatic N) is 1. The van der Waals surface area contributed by atoms with Crippen molar-refractivity contribution < 1.29 is 24.0 Å². The van der Waals surface area contributed by atoms with E-state index in [2.05, 4.69) is 0 Å². The summed E-state index contributed by atoms with van der Waals surface area (Å²) in [6.45, 7) is 0. The van der Waals surface area contributed by atoms with E-state index < -0.39 is 17.8 Å². The highest BCUT2D eigenvalue weighted by Gasteiger charge is 2.39. The summed E-state index contributed by atoms with van der Waals surface area (Å²) in [6.07, 6.45) is 0. The Bertz CT molecular complexity index is 749. The Hall–Kier alpha value is -3.15. The Kier molecular flexibility index (Phi) is 3.34. The monoisotopic (exact) mass is 297 g/mol. The predicted octanol–water partition coefficient (Wildman–Crippen LogP) is 2.06. The summed E-state index contributed by atoms with van der Waals surface area (Å²) in [5.74, 6) is -1.87. The third kappa shape index (κ3) is 2.10. The fourth-order valence-electron chi connectivity index (χ4n) is 2.20. The van der Waals surface area contributed by atoms with Crippen molar-refractivity contribution in [3.8, 4) is 5.75 Å². The molecule has 0 atom stereocenters. The highest BCUT2D eigenvalue weighted by atomic mass is 16.7. The molecule has 1 heterocycles. The van der Waals surface area contributed by atoms with Crippen LogP contribution >= 0.6 is 0 Å². The molecule has 2 aromatic rings. The van der Waals surface area contributed by atoms with Crippen molar-refractivity contribution in [2.75, 3.05) is 7.11 Å². The maximum atomic E-state index is 12.2. The van der Waals surface area contributed by atoms with Crippen molar-refractivity contribution >= 4 is 17.8 Å². The quantitative estimate of drug-likeness (QED) is 0.811. The van der Waals surface area contributed by atoms with Gasteiger partial charge in [0.1, 0.15) is 11.3 Å². The van der Waals surface area contributed by atoms with E-state index in [1.807, 2.05) is 0 Å². The average molecular weight is 297 g/mol. The normalized spacial score (nSPS) is 13.0. The van der Waals surface area contributed by atoms with Gasteiger partial charge in [-0.3, -0.25) is 9.59 Å². The van der Waals surface area contributed by atoms with E-state index in [-0.39, 0.29) is 16.7 Å². The van der Waals surface area contributed by atoms with E-state index in [1.54, 1.807) is 30.3 Å². The molecule has 0 fully saturated rings. The van der Waals surface area contributed by atoms with Gasteiger partial charge in [0, 0.05) is 0 Å². The lowest BCUT2D eigenvalue weighted by Crippen LogP contribution is -2.32. The van der Waals surface area contributed by atoms with Gasteiger partial charge < -0.3 is 9.57 Å². The summed E-state index contributed by atoms with van der Waals surface area (Å²) < 4.78 is 5.06. The minimum atomic E-state index is -0.841. The largest absolute Gasteiger partial charge is 0.496 e. The molecule has 3 rings (SSSR count). The van der Waals surface area contributed by atoms with Crippen LogP contribution in [-0.2, 0) is 4.84 Å². The first-order valence-electron chi connectivity index (χ1n) is 6.46. The molecule has 1 aliphatic rings. The number of imide groups is 1. The fraction of sp³-hybridized carbons (Fsp3) is 0.0625. The SMILES string of the molecule is COc1ccccc1C(=O)ON1C(=O)c2ccccc2C1=O. The Labute approximate surface area is 125 Å². The summed E-state index contributed by atoms with van der Waals surface area (Å²) >= 11 is 0. The number of carbonyl (C=O) groups is 3. The van der Waals surface area contributed by atoms with Crippen LogP contribution in [0.4, 0.5) is 0 Å². The molecule has 0 saturated heterocycles. The number of fused-ring (bicyclic) bond motifs is 1. The van der Waals surface area contributed by atoms with Gasteiger partial charge >= 0.3 is 5.97 Å². The van der Waals surface area contributed by atoms with Gasteiger partial charge in [-0.05, 0) is 24.3 Å². The Morgan fingerprint density at radius 3 is 2.05 bits per heavy atom. The standard InChI is InChI=1S/C16H11NO5/c1-21-13-9-5-4-8-12(13)16(20)22-17-14(18)10-6-2-3-7-11(10)15(17)19/h2-9H,1H3. The molecular formula is C16H11NO5. The van der Waals surface area contributed by atoms with Crippen LogP contribution in [0.25, 0.3) is 0 Å². The van der Waals surface area contributed by atoms with Crippen molar-refractivity contribution in [3.05, 3.63) is 65.2 Å². The van der Waals surface area contributed by atoms with Gasteiger partial charge in [-0.2, -0.15) is 0 Å². The van der Waals surface area contributed by atoms with Crippen LogP contribution in [0.3, 0.4) is 0 Å². The van der Waals surface area contributed by atoms with Crippen molar-refractivity contribution in [2.24, 2.45) is 0 Å². The molecule has 6 nitrogen and oxygen atoms in total. The molecule has 0 radical (unpaired) electrons. The molecule has 0 aromatic heterocycles. The molecule has 0 saturated carbocycles. The molecule has 0 unspecified atom stereocenters. The number of benzene rings is 2. The second-order valence-corrected chi connectivity index (χ2v) is 4.53. The van der Waals surface area contributed by atoms with Gasteiger partial charge in [0.05, 0.1) is 18.2 Å². The molecule has 22 heavy (non-hydrogen) atoms. The van der Waals surface area contributed by atoms with Gasteiger partial charge in [-0.25, -0.2) is 4.79 Å². The summed E-state index contributed by atoms with van der Waals surface area (Å²) in [4.78, 5) is 41.4. The number of methoxy groups -OCH3 is 1. The number of ether oxygens (including phenoxy) is 1. The Balaban J connectivity index is 1.87.